The van der Waals surface area contributed by atoms with Gasteiger partial charge in [-0.25, -0.2) is 4.68 Å². The fraction of sp³-hybridized carbons (Fsp3) is 0.500. The Bertz CT molecular complexity index is 689. The molecule has 1 aromatic heterocycles. The summed E-state index contributed by atoms with van der Waals surface area (Å²) in [6.45, 7) is 7.96. The molecule has 0 atom stereocenters. The average Bonchev–Trinajstić information content (AvgIpc) is 2.92. The number of nitrogens with zero attached hydrogens (tertiary/aromatic N) is 2. The van der Waals surface area contributed by atoms with Crippen molar-refractivity contribution in [3.63, 3.8) is 0 Å². The van der Waals surface area contributed by atoms with Crippen LogP contribution in [0.3, 0.4) is 0 Å². The van der Waals surface area contributed by atoms with Crippen molar-refractivity contribution in [1.82, 2.24) is 15.1 Å². The van der Waals surface area contributed by atoms with Gasteiger partial charge in [-0.2, -0.15) is 5.10 Å². The first-order chi connectivity index (χ1) is 11.9. The third-order valence-corrected chi connectivity index (χ3v) is 4.13. The van der Waals surface area contributed by atoms with E-state index >= 15 is 0 Å². The van der Waals surface area contributed by atoms with Gasteiger partial charge >= 0.3 is 0 Å². The minimum absolute atomic E-state index is 0.00377. The highest BCUT2D eigenvalue weighted by Gasteiger charge is 2.23. The lowest BCUT2D eigenvalue weighted by Gasteiger charge is -2.11. The molecule has 1 amide bonds. The molecule has 2 rings (SSSR count). The van der Waals surface area contributed by atoms with Crippen LogP contribution in [0.25, 0.3) is 5.69 Å². The molecule has 2 N–H and O–H groups in total. The van der Waals surface area contributed by atoms with Crippen LogP contribution in [0, 0.1) is 5.92 Å². The van der Waals surface area contributed by atoms with Gasteiger partial charge in [-0.15, -0.1) is 0 Å². The smallest absolute Gasteiger partial charge is 0.255 e. The zero-order valence-electron chi connectivity index (χ0n) is 16.1. The molecule has 5 heteroatoms. The minimum Gasteiger partial charge on any atom is -0.346 e. The van der Waals surface area contributed by atoms with E-state index in [2.05, 4.69) is 40.2 Å². The van der Waals surface area contributed by atoms with E-state index in [-0.39, 0.29) is 5.91 Å². The van der Waals surface area contributed by atoms with Crippen LogP contribution in [0.15, 0.2) is 30.3 Å². The van der Waals surface area contributed by atoms with Crippen LogP contribution in [-0.2, 0) is 12.8 Å². The normalized spacial score (nSPS) is 11.3. The molecule has 0 unspecified atom stereocenters. The fourth-order valence-electron chi connectivity index (χ4n) is 2.92. The highest BCUT2D eigenvalue weighted by Crippen LogP contribution is 2.22. The number of para-hydroxylation sites is 1. The monoisotopic (exact) mass is 343 g/mol. The van der Waals surface area contributed by atoms with Crippen LogP contribution in [0.2, 0.25) is 0 Å². The second-order valence-electron chi connectivity index (χ2n) is 7.18. The maximum absolute atomic E-state index is 12.9. The summed E-state index contributed by atoms with van der Waals surface area (Å²) < 4.78 is 1.93. The summed E-state index contributed by atoms with van der Waals surface area (Å²) in [6.07, 6.45) is 1.57. The lowest BCUT2D eigenvalue weighted by atomic mass is 10.0. The van der Waals surface area contributed by atoms with E-state index in [1.807, 2.05) is 35.0 Å². The molecule has 25 heavy (non-hydrogen) atoms. The van der Waals surface area contributed by atoms with Crippen molar-refractivity contribution in [2.75, 3.05) is 27.2 Å². The SMILES string of the molecule is CCc1c(C(=O)NCC[NH+](C)C)c(CC(C)C)nn1-c1ccccc1. The van der Waals surface area contributed by atoms with Crippen LogP contribution >= 0.6 is 0 Å². The number of amides is 1. The molecule has 5 nitrogen and oxygen atoms in total. The number of aromatic nitrogens is 2. The largest absolute Gasteiger partial charge is 0.346 e. The van der Waals surface area contributed by atoms with Gasteiger partial charge < -0.3 is 10.2 Å². The van der Waals surface area contributed by atoms with E-state index in [0.717, 1.165) is 42.0 Å². The molecule has 0 radical (unpaired) electrons. The number of carbonyl (C=O) groups excluding carboxylic acids is 1. The number of carbonyl (C=O) groups is 1. The summed E-state index contributed by atoms with van der Waals surface area (Å²) in [4.78, 5) is 14.2. The quantitative estimate of drug-likeness (QED) is 0.763. The van der Waals surface area contributed by atoms with Gasteiger partial charge in [0.25, 0.3) is 5.91 Å². The van der Waals surface area contributed by atoms with Crippen LogP contribution in [0.5, 0.6) is 0 Å². The highest BCUT2D eigenvalue weighted by atomic mass is 16.1. The Morgan fingerprint density at radius 1 is 1.24 bits per heavy atom. The van der Waals surface area contributed by atoms with Crippen molar-refractivity contribution in [3.8, 4) is 5.69 Å². The van der Waals surface area contributed by atoms with Gasteiger partial charge in [0.1, 0.15) is 0 Å². The number of rotatable bonds is 8. The van der Waals surface area contributed by atoms with Gasteiger partial charge in [0, 0.05) is 0 Å². The molecular formula is C20H31N4O+. The zero-order valence-corrected chi connectivity index (χ0v) is 16.1. The van der Waals surface area contributed by atoms with Gasteiger partial charge in [0.15, 0.2) is 0 Å². The van der Waals surface area contributed by atoms with Crippen LogP contribution in [-0.4, -0.2) is 42.9 Å². The first-order valence-corrected chi connectivity index (χ1v) is 9.17. The number of hydrogen-bond donors (Lipinski definition) is 2. The van der Waals surface area contributed by atoms with E-state index in [0.29, 0.717) is 12.5 Å². The predicted molar refractivity (Wildman–Crippen MR) is 101 cm³/mol. The average molecular weight is 343 g/mol. The second kappa shape index (κ2) is 8.81. The molecule has 0 spiro atoms. The van der Waals surface area contributed by atoms with Crippen molar-refractivity contribution < 1.29 is 9.69 Å². The predicted octanol–water partition coefficient (Wildman–Crippen LogP) is 1.51. The van der Waals surface area contributed by atoms with Gasteiger partial charge in [0.2, 0.25) is 0 Å². The molecular weight excluding hydrogens is 312 g/mol. The first kappa shape index (κ1) is 19.2. The molecule has 2 aromatic rings. The maximum atomic E-state index is 12.9. The maximum Gasteiger partial charge on any atom is 0.255 e. The standard InChI is InChI=1S/C20H30N4O/c1-6-18-19(20(25)21-12-13-23(4)5)17(14-15(2)3)22-24(18)16-10-8-7-9-11-16/h7-11,15H,6,12-14H2,1-5H3,(H,21,25)/p+1. The van der Waals surface area contributed by atoms with E-state index in [4.69, 9.17) is 5.10 Å². The molecule has 0 fully saturated rings. The van der Waals surface area contributed by atoms with Crippen LogP contribution in [0.4, 0.5) is 0 Å². The Labute approximate surface area is 151 Å². The lowest BCUT2D eigenvalue weighted by Crippen LogP contribution is -3.06. The molecule has 0 bridgehead atoms. The number of benzene rings is 1. The molecule has 0 saturated carbocycles. The molecule has 0 aliphatic rings. The molecule has 1 heterocycles. The molecule has 0 aliphatic carbocycles. The summed E-state index contributed by atoms with van der Waals surface area (Å²) >= 11 is 0. The van der Waals surface area contributed by atoms with Crippen molar-refractivity contribution in [2.45, 2.75) is 33.6 Å². The van der Waals surface area contributed by atoms with E-state index in [1.54, 1.807) is 0 Å². The Balaban J connectivity index is 2.41. The third kappa shape index (κ3) is 4.92. The highest BCUT2D eigenvalue weighted by molar-refractivity contribution is 5.96. The van der Waals surface area contributed by atoms with Crippen molar-refractivity contribution >= 4 is 5.91 Å². The number of nitrogens with one attached hydrogen (secondary N) is 2. The van der Waals surface area contributed by atoms with Crippen molar-refractivity contribution in [3.05, 3.63) is 47.3 Å². The number of quaternary nitrogens is 1. The topological polar surface area (TPSA) is 51.4 Å². The number of hydrogen-bond acceptors (Lipinski definition) is 2. The van der Waals surface area contributed by atoms with Gasteiger partial charge in [-0.3, -0.25) is 4.79 Å². The molecule has 136 valence electrons. The van der Waals surface area contributed by atoms with Gasteiger partial charge in [0.05, 0.1) is 49.8 Å². The summed E-state index contributed by atoms with van der Waals surface area (Å²) in [5.41, 5.74) is 3.64. The van der Waals surface area contributed by atoms with Gasteiger partial charge in [-0.1, -0.05) is 39.0 Å². The van der Waals surface area contributed by atoms with E-state index < -0.39 is 0 Å². The van der Waals surface area contributed by atoms with Crippen LogP contribution in [0.1, 0.15) is 42.5 Å². The van der Waals surface area contributed by atoms with E-state index in [9.17, 15) is 4.79 Å². The van der Waals surface area contributed by atoms with Gasteiger partial charge in [-0.05, 0) is 30.9 Å². The fourth-order valence-corrected chi connectivity index (χ4v) is 2.92. The van der Waals surface area contributed by atoms with Crippen molar-refractivity contribution in [2.24, 2.45) is 5.92 Å². The zero-order chi connectivity index (χ0) is 18.4. The first-order valence-electron chi connectivity index (χ1n) is 9.17. The Kier molecular flexibility index (Phi) is 6.76. The molecule has 1 aromatic carbocycles. The summed E-state index contributed by atoms with van der Waals surface area (Å²) in [7, 11) is 4.17. The Hall–Kier alpha value is -2.14. The van der Waals surface area contributed by atoms with Crippen molar-refractivity contribution in [1.29, 1.82) is 0 Å². The Morgan fingerprint density at radius 2 is 1.92 bits per heavy atom. The summed E-state index contributed by atoms with van der Waals surface area (Å²) in [5, 5.41) is 7.88. The Morgan fingerprint density at radius 3 is 2.48 bits per heavy atom. The lowest BCUT2D eigenvalue weighted by molar-refractivity contribution is -0.856. The number of likely N-dealkylation sites (N-methyl/N-ethyl adjacent to an activating group) is 1. The molecule has 0 aliphatic heterocycles. The third-order valence-electron chi connectivity index (χ3n) is 4.13. The van der Waals surface area contributed by atoms with E-state index in [1.165, 1.54) is 4.90 Å². The summed E-state index contributed by atoms with van der Waals surface area (Å²) in [6, 6.07) is 10.0. The molecule has 0 saturated heterocycles. The summed E-state index contributed by atoms with van der Waals surface area (Å²) in [5.74, 6) is 0.442. The second-order valence-corrected chi connectivity index (χ2v) is 7.18. The minimum atomic E-state index is -0.00377. The van der Waals surface area contributed by atoms with Crippen LogP contribution < -0.4 is 10.2 Å².